The lowest BCUT2D eigenvalue weighted by atomic mass is 10.1. The highest BCUT2D eigenvalue weighted by atomic mass is 16.5. The molecule has 6 nitrogen and oxygen atoms in total. The summed E-state index contributed by atoms with van der Waals surface area (Å²) in [7, 11) is 0. The molecule has 6 heteroatoms. The minimum atomic E-state index is 0.0345. The van der Waals surface area contributed by atoms with E-state index >= 15 is 0 Å². The van der Waals surface area contributed by atoms with E-state index in [0.29, 0.717) is 23.6 Å². The van der Waals surface area contributed by atoms with Crippen molar-refractivity contribution in [1.82, 2.24) is 9.97 Å². The number of rotatable bonds is 6. The fraction of sp³-hybridized carbons (Fsp3) is 0.312. The number of ether oxygens (including phenoxy) is 1. The van der Waals surface area contributed by atoms with Gasteiger partial charge in [-0.25, -0.2) is 4.98 Å². The fourth-order valence-electron chi connectivity index (χ4n) is 2.12. The number of anilines is 2. The van der Waals surface area contributed by atoms with Crippen molar-refractivity contribution in [2.45, 2.75) is 26.2 Å². The quantitative estimate of drug-likeness (QED) is 0.793. The molecule has 0 fully saturated rings. The molecule has 0 bridgehead atoms. The Morgan fingerprint density at radius 2 is 1.95 bits per heavy atom. The zero-order valence-corrected chi connectivity index (χ0v) is 12.5. The minimum absolute atomic E-state index is 0.0345. The average Bonchev–Trinajstić information content (AvgIpc) is 2.51. The van der Waals surface area contributed by atoms with E-state index < -0.39 is 0 Å². The molecule has 0 unspecified atom stereocenters. The Morgan fingerprint density at radius 3 is 2.68 bits per heavy atom. The van der Waals surface area contributed by atoms with Gasteiger partial charge in [-0.3, -0.25) is 0 Å². The van der Waals surface area contributed by atoms with Crippen LogP contribution in [0.3, 0.4) is 0 Å². The first-order valence-corrected chi connectivity index (χ1v) is 7.22. The number of nitriles is 1. The molecular weight excluding hydrogens is 278 g/mol. The van der Waals surface area contributed by atoms with Gasteiger partial charge in [-0.1, -0.05) is 31.9 Å². The lowest BCUT2D eigenvalue weighted by Crippen LogP contribution is -2.06. The van der Waals surface area contributed by atoms with Crippen LogP contribution >= 0.6 is 0 Å². The first-order valence-electron chi connectivity index (χ1n) is 7.22. The van der Waals surface area contributed by atoms with Crippen LogP contribution in [0.25, 0.3) is 11.3 Å². The third-order valence-corrected chi connectivity index (χ3v) is 3.21. The highest BCUT2D eigenvalue weighted by molar-refractivity contribution is 5.77. The van der Waals surface area contributed by atoms with Crippen molar-refractivity contribution in [1.29, 1.82) is 5.26 Å². The van der Waals surface area contributed by atoms with Crippen LogP contribution in [-0.4, -0.2) is 16.6 Å². The maximum Gasteiger partial charge on any atom is 0.222 e. The molecule has 4 N–H and O–H groups in total. The fourth-order valence-corrected chi connectivity index (χ4v) is 2.12. The molecule has 0 aliphatic carbocycles. The number of aromatic nitrogens is 2. The summed E-state index contributed by atoms with van der Waals surface area (Å²) in [5.74, 6) is 0.769. The topological polar surface area (TPSA) is 111 Å². The summed E-state index contributed by atoms with van der Waals surface area (Å²) in [5, 5.41) is 9.30. The lowest BCUT2D eigenvalue weighted by molar-refractivity contribution is 0.307. The smallest absolute Gasteiger partial charge is 0.222 e. The van der Waals surface area contributed by atoms with Crippen LogP contribution in [-0.2, 0) is 0 Å². The molecule has 0 radical (unpaired) electrons. The number of hydrogen-bond donors (Lipinski definition) is 2. The van der Waals surface area contributed by atoms with Crippen molar-refractivity contribution in [3.63, 3.8) is 0 Å². The molecule has 0 aliphatic heterocycles. The van der Waals surface area contributed by atoms with Crippen molar-refractivity contribution < 1.29 is 4.74 Å². The summed E-state index contributed by atoms with van der Waals surface area (Å²) in [6, 6.07) is 9.43. The molecule has 2 aromatic rings. The number of hydrogen-bond acceptors (Lipinski definition) is 6. The maximum absolute atomic E-state index is 9.30. The summed E-state index contributed by atoms with van der Waals surface area (Å²) < 4.78 is 5.82. The Balaban J connectivity index is 2.39. The molecule has 0 aliphatic rings. The van der Waals surface area contributed by atoms with Gasteiger partial charge in [0.05, 0.1) is 12.3 Å². The summed E-state index contributed by atoms with van der Waals surface area (Å²) >= 11 is 0. The molecule has 1 heterocycles. The second-order valence-electron chi connectivity index (χ2n) is 4.85. The van der Waals surface area contributed by atoms with E-state index in [2.05, 4.69) is 16.9 Å². The van der Waals surface area contributed by atoms with E-state index in [1.807, 2.05) is 30.3 Å². The molecule has 1 aromatic carbocycles. The third-order valence-electron chi connectivity index (χ3n) is 3.21. The number of para-hydroxylation sites is 1. The largest absolute Gasteiger partial charge is 0.493 e. The van der Waals surface area contributed by atoms with Crippen LogP contribution in [0.4, 0.5) is 11.8 Å². The average molecular weight is 297 g/mol. The van der Waals surface area contributed by atoms with Crippen LogP contribution in [0.2, 0.25) is 0 Å². The van der Waals surface area contributed by atoms with Crippen LogP contribution < -0.4 is 16.2 Å². The van der Waals surface area contributed by atoms with Crippen LogP contribution in [0.5, 0.6) is 5.75 Å². The summed E-state index contributed by atoms with van der Waals surface area (Å²) in [5.41, 5.74) is 12.7. The van der Waals surface area contributed by atoms with Crippen LogP contribution in [0.15, 0.2) is 24.3 Å². The van der Waals surface area contributed by atoms with E-state index in [9.17, 15) is 5.26 Å². The summed E-state index contributed by atoms with van der Waals surface area (Å²) in [4.78, 5) is 7.99. The van der Waals surface area contributed by atoms with Gasteiger partial charge in [-0.05, 0) is 18.6 Å². The Labute approximate surface area is 129 Å². The molecule has 0 amide bonds. The van der Waals surface area contributed by atoms with E-state index in [1.165, 1.54) is 0 Å². The normalized spacial score (nSPS) is 10.2. The maximum atomic E-state index is 9.30. The van der Waals surface area contributed by atoms with Gasteiger partial charge in [0.25, 0.3) is 0 Å². The molecule has 22 heavy (non-hydrogen) atoms. The van der Waals surface area contributed by atoms with Gasteiger partial charge < -0.3 is 16.2 Å². The lowest BCUT2D eigenvalue weighted by Gasteiger charge is -2.12. The number of nitrogen functional groups attached to an aromatic ring is 2. The Bertz CT molecular complexity index is 693. The van der Waals surface area contributed by atoms with E-state index in [0.717, 1.165) is 19.3 Å². The number of nitrogens with zero attached hydrogens (tertiary/aromatic N) is 3. The van der Waals surface area contributed by atoms with Crippen molar-refractivity contribution in [2.24, 2.45) is 0 Å². The molecule has 2 rings (SSSR count). The minimum Gasteiger partial charge on any atom is -0.493 e. The molecular formula is C16H19N5O. The molecule has 1 aromatic heterocycles. The summed E-state index contributed by atoms with van der Waals surface area (Å²) in [6.45, 7) is 2.75. The number of nitrogens with two attached hydrogens (primary N) is 2. The number of benzene rings is 1. The molecule has 0 spiro atoms. The monoisotopic (exact) mass is 297 g/mol. The van der Waals surface area contributed by atoms with Gasteiger partial charge >= 0.3 is 0 Å². The standard InChI is InChI=1S/C16H19N5O/c1-2-3-6-9-22-13-8-5-4-7-11(13)14-12(10-17)15(18)21-16(19)20-14/h4-5,7-8H,2-3,6,9H2,1H3,(H4,18,19,20,21). The van der Waals surface area contributed by atoms with Crippen molar-refractivity contribution in [3.05, 3.63) is 29.8 Å². The second-order valence-corrected chi connectivity index (χ2v) is 4.85. The SMILES string of the molecule is CCCCCOc1ccccc1-c1nc(N)nc(N)c1C#N. The highest BCUT2D eigenvalue weighted by Gasteiger charge is 2.16. The van der Waals surface area contributed by atoms with Crippen molar-refractivity contribution in [2.75, 3.05) is 18.1 Å². The molecule has 0 saturated heterocycles. The van der Waals surface area contributed by atoms with Gasteiger partial charge in [-0.2, -0.15) is 10.2 Å². The van der Waals surface area contributed by atoms with Gasteiger partial charge in [0.1, 0.15) is 23.2 Å². The Kier molecular flexibility index (Phi) is 5.15. The zero-order valence-electron chi connectivity index (χ0n) is 12.5. The van der Waals surface area contributed by atoms with Gasteiger partial charge in [-0.15, -0.1) is 0 Å². The van der Waals surface area contributed by atoms with Crippen molar-refractivity contribution >= 4 is 11.8 Å². The van der Waals surface area contributed by atoms with Gasteiger partial charge in [0.2, 0.25) is 5.95 Å². The Hall–Kier alpha value is -2.81. The molecule has 0 saturated carbocycles. The first-order chi connectivity index (χ1) is 10.7. The van der Waals surface area contributed by atoms with Crippen LogP contribution in [0.1, 0.15) is 31.7 Å². The van der Waals surface area contributed by atoms with E-state index in [-0.39, 0.29) is 17.3 Å². The Morgan fingerprint density at radius 1 is 1.18 bits per heavy atom. The van der Waals surface area contributed by atoms with Gasteiger partial charge in [0, 0.05) is 5.56 Å². The predicted molar refractivity (Wildman–Crippen MR) is 86.0 cm³/mol. The number of unbranched alkanes of at least 4 members (excludes halogenated alkanes) is 2. The van der Waals surface area contributed by atoms with Gasteiger partial charge in [0.15, 0.2) is 0 Å². The van der Waals surface area contributed by atoms with Crippen LogP contribution in [0, 0.1) is 11.3 Å². The summed E-state index contributed by atoms with van der Waals surface area (Å²) in [6.07, 6.45) is 3.21. The van der Waals surface area contributed by atoms with E-state index in [1.54, 1.807) is 0 Å². The highest BCUT2D eigenvalue weighted by Crippen LogP contribution is 2.32. The molecule has 0 atom stereocenters. The zero-order chi connectivity index (χ0) is 15.9. The second kappa shape index (κ2) is 7.27. The van der Waals surface area contributed by atoms with Crippen molar-refractivity contribution in [3.8, 4) is 23.1 Å². The predicted octanol–water partition coefficient (Wildman–Crippen LogP) is 2.75. The molecule has 114 valence electrons. The van der Waals surface area contributed by atoms with E-state index in [4.69, 9.17) is 16.2 Å². The third kappa shape index (κ3) is 3.44. The first kappa shape index (κ1) is 15.6.